The number of methoxy groups -OCH3 is 1. The SMILES string of the molecule is COc1ccc(C)cc1-c1csc(NC(=O)c2ccn(-c3ccccc3Cl)n2)n1. The molecule has 29 heavy (non-hydrogen) atoms. The highest BCUT2D eigenvalue weighted by atomic mass is 35.5. The minimum atomic E-state index is -0.340. The number of amides is 1. The van der Waals surface area contributed by atoms with E-state index in [1.54, 1.807) is 30.1 Å². The Morgan fingerprint density at radius 3 is 2.83 bits per heavy atom. The summed E-state index contributed by atoms with van der Waals surface area (Å²) >= 11 is 7.54. The van der Waals surface area contributed by atoms with Crippen molar-refractivity contribution in [2.75, 3.05) is 12.4 Å². The molecule has 0 aliphatic carbocycles. The number of halogens is 1. The van der Waals surface area contributed by atoms with Crippen LogP contribution in [0.5, 0.6) is 5.75 Å². The number of anilines is 1. The molecule has 6 nitrogen and oxygen atoms in total. The van der Waals surface area contributed by atoms with Crippen molar-refractivity contribution in [3.05, 3.63) is 76.4 Å². The second kappa shape index (κ2) is 8.06. The molecule has 4 aromatic rings. The molecule has 0 aliphatic heterocycles. The summed E-state index contributed by atoms with van der Waals surface area (Å²) in [6.07, 6.45) is 1.70. The third-order valence-electron chi connectivity index (χ3n) is 4.28. The molecule has 0 bridgehead atoms. The van der Waals surface area contributed by atoms with Crippen LogP contribution in [0.15, 0.2) is 60.1 Å². The Kier molecular flexibility index (Phi) is 5.33. The third kappa shape index (κ3) is 4.01. The second-order valence-corrected chi connectivity index (χ2v) is 7.56. The molecule has 0 fully saturated rings. The first-order chi connectivity index (χ1) is 14.0. The average molecular weight is 425 g/mol. The molecule has 1 N–H and O–H groups in total. The first-order valence-electron chi connectivity index (χ1n) is 8.77. The van der Waals surface area contributed by atoms with Gasteiger partial charge in [0.1, 0.15) is 5.75 Å². The van der Waals surface area contributed by atoms with Crippen LogP contribution < -0.4 is 10.1 Å². The van der Waals surface area contributed by atoms with Crippen molar-refractivity contribution in [3.63, 3.8) is 0 Å². The summed E-state index contributed by atoms with van der Waals surface area (Å²) in [6, 6.07) is 14.8. The molecular formula is C21H17ClN4O2S. The summed E-state index contributed by atoms with van der Waals surface area (Å²) in [5, 5.41) is 10.0. The first kappa shape index (κ1) is 19.2. The zero-order valence-corrected chi connectivity index (χ0v) is 17.3. The molecule has 146 valence electrons. The summed E-state index contributed by atoms with van der Waals surface area (Å²) < 4.78 is 6.99. The normalized spacial score (nSPS) is 10.7. The number of hydrogen-bond donors (Lipinski definition) is 1. The number of thiazole rings is 1. The van der Waals surface area contributed by atoms with Crippen LogP contribution in [0, 0.1) is 6.92 Å². The molecular weight excluding hydrogens is 408 g/mol. The van der Waals surface area contributed by atoms with Crippen LogP contribution in [0.25, 0.3) is 16.9 Å². The van der Waals surface area contributed by atoms with Crippen molar-refractivity contribution in [1.29, 1.82) is 0 Å². The topological polar surface area (TPSA) is 69.0 Å². The summed E-state index contributed by atoms with van der Waals surface area (Å²) in [4.78, 5) is 17.1. The van der Waals surface area contributed by atoms with Crippen molar-refractivity contribution < 1.29 is 9.53 Å². The number of aryl methyl sites for hydroxylation is 1. The van der Waals surface area contributed by atoms with E-state index in [-0.39, 0.29) is 11.6 Å². The number of para-hydroxylation sites is 1. The van der Waals surface area contributed by atoms with Crippen LogP contribution in [0.1, 0.15) is 16.1 Å². The molecule has 2 aromatic carbocycles. The number of carbonyl (C=O) groups is 1. The summed E-state index contributed by atoms with van der Waals surface area (Å²) in [5.74, 6) is 0.394. The van der Waals surface area contributed by atoms with Crippen LogP contribution in [-0.4, -0.2) is 27.8 Å². The van der Waals surface area contributed by atoms with E-state index in [1.807, 2.05) is 48.7 Å². The maximum absolute atomic E-state index is 12.6. The van der Waals surface area contributed by atoms with E-state index in [9.17, 15) is 4.79 Å². The van der Waals surface area contributed by atoms with Gasteiger partial charge in [-0.25, -0.2) is 9.67 Å². The molecule has 0 saturated heterocycles. The number of ether oxygens (including phenoxy) is 1. The largest absolute Gasteiger partial charge is 0.496 e. The van der Waals surface area contributed by atoms with Gasteiger partial charge in [0.2, 0.25) is 0 Å². The fraction of sp³-hybridized carbons (Fsp3) is 0.0952. The molecule has 0 saturated carbocycles. The van der Waals surface area contributed by atoms with Crippen LogP contribution in [0.3, 0.4) is 0 Å². The number of carbonyl (C=O) groups excluding carboxylic acids is 1. The molecule has 0 radical (unpaired) electrons. The van der Waals surface area contributed by atoms with Gasteiger partial charge in [-0.2, -0.15) is 5.10 Å². The van der Waals surface area contributed by atoms with Crippen molar-refractivity contribution in [1.82, 2.24) is 14.8 Å². The Morgan fingerprint density at radius 2 is 2.03 bits per heavy atom. The monoisotopic (exact) mass is 424 g/mol. The summed E-state index contributed by atoms with van der Waals surface area (Å²) in [5.41, 5.74) is 3.70. The Balaban J connectivity index is 1.54. The first-order valence-corrected chi connectivity index (χ1v) is 10.0. The zero-order chi connectivity index (χ0) is 20.4. The fourth-order valence-electron chi connectivity index (χ4n) is 2.85. The standard InChI is InChI=1S/C21H17ClN4O2S/c1-13-7-8-19(28-2)14(11-13)17-12-29-21(23-17)24-20(27)16-9-10-26(25-16)18-6-4-3-5-15(18)22/h3-12H,1-2H3,(H,23,24,27). The Hall–Kier alpha value is -3.16. The van der Waals surface area contributed by atoms with E-state index >= 15 is 0 Å². The number of rotatable bonds is 5. The van der Waals surface area contributed by atoms with Crippen LogP contribution in [0.2, 0.25) is 5.02 Å². The van der Waals surface area contributed by atoms with Gasteiger partial charge in [0, 0.05) is 17.1 Å². The van der Waals surface area contributed by atoms with Gasteiger partial charge in [-0.15, -0.1) is 11.3 Å². The lowest BCUT2D eigenvalue weighted by molar-refractivity contribution is 0.102. The van der Waals surface area contributed by atoms with Gasteiger partial charge in [-0.1, -0.05) is 35.4 Å². The molecule has 2 aromatic heterocycles. The molecule has 2 heterocycles. The zero-order valence-electron chi connectivity index (χ0n) is 15.7. The van der Waals surface area contributed by atoms with Crippen molar-refractivity contribution in [3.8, 4) is 22.7 Å². The fourth-order valence-corrected chi connectivity index (χ4v) is 3.78. The quantitative estimate of drug-likeness (QED) is 0.477. The highest BCUT2D eigenvalue weighted by Gasteiger charge is 2.15. The number of benzene rings is 2. The predicted octanol–water partition coefficient (Wildman–Crippen LogP) is 5.22. The Labute approximate surface area is 176 Å². The van der Waals surface area contributed by atoms with Gasteiger partial charge in [0.15, 0.2) is 10.8 Å². The van der Waals surface area contributed by atoms with Crippen molar-refractivity contribution >= 4 is 34.0 Å². The molecule has 8 heteroatoms. The summed E-state index contributed by atoms with van der Waals surface area (Å²) in [7, 11) is 1.62. The molecule has 0 spiro atoms. The maximum Gasteiger partial charge on any atom is 0.277 e. The minimum absolute atomic E-state index is 0.273. The van der Waals surface area contributed by atoms with Gasteiger partial charge in [0.25, 0.3) is 5.91 Å². The lowest BCUT2D eigenvalue weighted by Gasteiger charge is -2.07. The molecule has 0 unspecified atom stereocenters. The lowest BCUT2D eigenvalue weighted by Crippen LogP contribution is -2.13. The van der Waals surface area contributed by atoms with E-state index in [2.05, 4.69) is 15.4 Å². The van der Waals surface area contributed by atoms with Gasteiger partial charge in [-0.05, 0) is 37.3 Å². The second-order valence-electron chi connectivity index (χ2n) is 6.29. The molecule has 0 aliphatic rings. The number of aromatic nitrogens is 3. The van der Waals surface area contributed by atoms with Crippen molar-refractivity contribution in [2.24, 2.45) is 0 Å². The van der Waals surface area contributed by atoms with Gasteiger partial charge < -0.3 is 4.74 Å². The maximum atomic E-state index is 12.6. The predicted molar refractivity (Wildman–Crippen MR) is 115 cm³/mol. The lowest BCUT2D eigenvalue weighted by atomic mass is 10.1. The molecule has 1 amide bonds. The third-order valence-corrected chi connectivity index (χ3v) is 5.35. The number of nitrogens with one attached hydrogen (secondary N) is 1. The number of nitrogens with zero attached hydrogens (tertiary/aromatic N) is 3. The van der Waals surface area contributed by atoms with E-state index in [1.165, 1.54) is 11.3 Å². The van der Waals surface area contributed by atoms with Crippen LogP contribution in [0.4, 0.5) is 5.13 Å². The average Bonchev–Trinajstić information content (AvgIpc) is 3.38. The molecule has 0 atom stereocenters. The van der Waals surface area contributed by atoms with Gasteiger partial charge >= 0.3 is 0 Å². The Morgan fingerprint density at radius 1 is 1.21 bits per heavy atom. The van der Waals surface area contributed by atoms with E-state index in [0.29, 0.717) is 15.8 Å². The summed E-state index contributed by atoms with van der Waals surface area (Å²) in [6.45, 7) is 2.01. The number of hydrogen-bond acceptors (Lipinski definition) is 5. The smallest absolute Gasteiger partial charge is 0.277 e. The van der Waals surface area contributed by atoms with E-state index in [0.717, 1.165) is 22.6 Å². The highest BCUT2D eigenvalue weighted by Crippen LogP contribution is 2.33. The van der Waals surface area contributed by atoms with Crippen LogP contribution in [-0.2, 0) is 0 Å². The van der Waals surface area contributed by atoms with E-state index in [4.69, 9.17) is 16.3 Å². The van der Waals surface area contributed by atoms with Gasteiger partial charge in [-0.3, -0.25) is 10.1 Å². The molecule has 4 rings (SSSR count). The van der Waals surface area contributed by atoms with E-state index < -0.39 is 0 Å². The minimum Gasteiger partial charge on any atom is -0.496 e. The van der Waals surface area contributed by atoms with Crippen molar-refractivity contribution in [2.45, 2.75) is 6.92 Å². The van der Waals surface area contributed by atoms with Crippen LogP contribution >= 0.6 is 22.9 Å². The van der Waals surface area contributed by atoms with Gasteiger partial charge in [0.05, 0.1) is 23.5 Å². The Bertz CT molecular complexity index is 1180. The highest BCUT2D eigenvalue weighted by molar-refractivity contribution is 7.14.